The lowest BCUT2D eigenvalue weighted by Crippen LogP contribution is -2.36. The van der Waals surface area contributed by atoms with E-state index in [1.54, 1.807) is 36.0 Å². The highest BCUT2D eigenvalue weighted by Crippen LogP contribution is 2.52. The minimum absolute atomic E-state index is 0.0283. The van der Waals surface area contributed by atoms with Crippen LogP contribution >= 0.6 is 11.8 Å². The summed E-state index contributed by atoms with van der Waals surface area (Å²) in [5, 5.41) is 0.247. The van der Waals surface area contributed by atoms with Crippen LogP contribution in [0.25, 0.3) is 0 Å². The highest BCUT2D eigenvalue weighted by molar-refractivity contribution is 8.01. The lowest BCUT2D eigenvalue weighted by molar-refractivity contribution is -0.140. The van der Waals surface area contributed by atoms with E-state index >= 15 is 0 Å². The highest BCUT2D eigenvalue weighted by Gasteiger charge is 2.59. The van der Waals surface area contributed by atoms with Crippen LogP contribution in [0, 0.1) is 11.8 Å². The van der Waals surface area contributed by atoms with Gasteiger partial charge >= 0.3 is 5.97 Å². The molecule has 3 heterocycles. The number of ether oxygens (including phenoxy) is 1. The third-order valence-corrected chi connectivity index (χ3v) is 6.09. The number of carbonyl (C=O) groups excluding carboxylic acids is 3. The fourth-order valence-electron chi connectivity index (χ4n) is 3.47. The van der Waals surface area contributed by atoms with Gasteiger partial charge in [-0.1, -0.05) is 30.4 Å². The second-order valence-corrected chi connectivity index (χ2v) is 7.19. The molecule has 1 aromatic carbocycles. The van der Waals surface area contributed by atoms with E-state index in [1.807, 2.05) is 18.2 Å². The number of likely N-dealkylation sites (tertiary alicyclic amines) is 1. The molecule has 0 aliphatic carbocycles. The van der Waals surface area contributed by atoms with Crippen LogP contribution in [-0.4, -0.2) is 46.3 Å². The first-order chi connectivity index (χ1) is 11.2. The van der Waals surface area contributed by atoms with Gasteiger partial charge in [-0.3, -0.25) is 14.5 Å². The molecule has 118 valence electrons. The van der Waals surface area contributed by atoms with Gasteiger partial charge in [0.2, 0.25) is 11.8 Å². The Labute approximate surface area is 137 Å². The largest absolute Gasteiger partial charge is 0.460 e. The Kier molecular flexibility index (Phi) is 3.49. The maximum atomic E-state index is 12.5. The number of amides is 2. The third-order valence-electron chi connectivity index (χ3n) is 4.56. The molecule has 5 nitrogen and oxygen atoms in total. The lowest BCUT2D eigenvalue weighted by atomic mass is 9.85. The summed E-state index contributed by atoms with van der Waals surface area (Å²) < 4.78 is 5.17. The maximum Gasteiger partial charge on any atom is 0.338 e. The van der Waals surface area contributed by atoms with E-state index in [4.69, 9.17) is 4.74 Å². The van der Waals surface area contributed by atoms with Crippen molar-refractivity contribution in [2.75, 3.05) is 13.2 Å². The molecular formula is C17H15NO4S. The molecule has 3 aliphatic heterocycles. The van der Waals surface area contributed by atoms with Crippen LogP contribution in [0.4, 0.5) is 0 Å². The summed E-state index contributed by atoms with van der Waals surface area (Å²) >= 11 is 1.69. The van der Waals surface area contributed by atoms with Crippen molar-refractivity contribution < 1.29 is 19.1 Å². The van der Waals surface area contributed by atoms with E-state index in [0.29, 0.717) is 5.56 Å². The van der Waals surface area contributed by atoms with Crippen LogP contribution in [0.1, 0.15) is 10.4 Å². The first-order valence-electron chi connectivity index (χ1n) is 7.58. The van der Waals surface area contributed by atoms with Crippen molar-refractivity contribution in [3.8, 4) is 0 Å². The van der Waals surface area contributed by atoms with Crippen molar-refractivity contribution in [2.24, 2.45) is 11.8 Å². The number of thioether (sulfide) groups is 1. The number of rotatable bonds is 4. The molecule has 2 saturated heterocycles. The number of benzene rings is 1. The first kappa shape index (κ1) is 14.5. The summed E-state index contributed by atoms with van der Waals surface area (Å²) in [7, 11) is 0. The maximum absolute atomic E-state index is 12.5. The number of esters is 1. The summed E-state index contributed by atoms with van der Waals surface area (Å²) in [5.41, 5.74) is 0.460. The summed E-state index contributed by atoms with van der Waals surface area (Å²) in [6, 6.07) is 8.66. The van der Waals surface area contributed by atoms with Gasteiger partial charge in [0.25, 0.3) is 0 Å². The topological polar surface area (TPSA) is 63.7 Å². The molecule has 2 bridgehead atoms. The van der Waals surface area contributed by atoms with Gasteiger partial charge in [-0.15, -0.1) is 11.8 Å². The van der Waals surface area contributed by atoms with Crippen molar-refractivity contribution in [1.29, 1.82) is 0 Å². The SMILES string of the molecule is O=C(OCCN1C(=O)C2C3C=CC(S3)C2C1=O)c1ccccc1. The number of carbonyl (C=O) groups is 3. The molecule has 4 atom stereocenters. The summed E-state index contributed by atoms with van der Waals surface area (Å²) in [6.45, 7) is 0.161. The monoisotopic (exact) mass is 329 g/mol. The van der Waals surface area contributed by atoms with Crippen LogP contribution in [-0.2, 0) is 14.3 Å². The minimum atomic E-state index is -0.442. The molecule has 0 N–H and O–H groups in total. The normalized spacial score (nSPS) is 30.9. The number of imide groups is 1. The van der Waals surface area contributed by atoms with Crippen molar-refractivity contribution in [3.63, 3.8) is 0 Å². The molecule has 6 heteroatoms. The molecule has 2 fully saturated rings. The van der Waals surface area contributed by atoms with Crippen molar-refractivity contribution in [2.45, 2.75) is 10.5 Å². The number of fused-ring (bicyclic) bond motifs is 5. The Bertz CT molecular complexity index is 672. The number of nitrogens with zero attached hydrogens (tertiary/aromatic N) is 1. The van der Waals surface area contributed by atoms with E-state index in [1.165, 1.54) is 4.90 Å². The molecule has 0 radical (unpaired) electrons. The molecule has 0 saturated carbocycles. The predicted molar refractivity (Wildman–Crippen MR) is 84.7 cm³/mol. The number of hydrogen-bond acceptors (Lipinski definition) is 5. The van der Waals surface area contributed by atoms with Gasteiger partial charge in [0, 0.05) is 10.5 Å². The van der Waals surface area contributed by atoms with E-state index < -0.39 is 5.97 Å². The Hall–Kier alpha value is -2.08. The van der Waals surface area contributed by atoms with E-state index in [9.17, 15) is 14.4 Å². The average Bonchev–Trinajstić information content (AvgIpc) is 3.25. The molecular weight excluding hydrogens is 314 g/mol. The van der Waals surface area contributed by atoms with Gasteiger partial charge in [0.05, 0.1) is 23.9 Å². The van der Waals surface area contributed by atoms with Crippen LogP contribution < -0.4 is 0 Å². The van der Waals surface area contributed by atoms with Crippen LogP contribution in [0.15, 0.2) is 42.5 Å². The quantitative estimate of drug-likeness (QED) is 0.476. The van der Waals surface area contributed by atoms with Gasteiger partial charge in [-0.25, -0.2) is 4.79 Å². The number of hydrogen-bond donors (Lipinski definition) is 0. The molecule has 2 amide bonds. The van der Waals surface area contributed by atoms with Crippen LogP contribution in [0.5, 0.6) is 0 Å². The standard InChI is InChI=1S/C17H15NO4S/c19-15-13-11-6-7-12(23-11)14(13)16(20)18(15)8-9-22-17(21)10-4-2-1-3-5-10/h1-7,11-14H,8-9H2. The zero-order valence-electron chi connectivity index (χ0n) is 12.3. The molecule has 0 aromatic heterocycles. The van der Waals surface area contributed by atoms with Crippen molar-refractivity contribution >= 4 is 29.5 Å². The van der Waals surface area contributed by atoms with Gasteiger partial charge in [-0.05, 0) is 12.1 Å². The van der Waals surface area contributed by atoms with Gasteiger partial charge in [0.15, 0.2) is 0 Å². The zero-order chi connectivity index (χ0) is 16.0. The summed E-state index contributed by atoms with van der Waals surface area (Å²) in [6.07, 6.45) is 4.06. The van der Waals surface area contributed by atoms with Crippen molar-refractivity contribution in [1.82, 2.24) is 4.90 Å². The van der Waals surface area contributed by atoms with Gasteiger partial charge < -0.3 is 4.74 Å². The Morgan fingerprint density at radius 3 is 2.26 bits per heavy atom. The summed E-state index contributed by atoms with van der Waals surface area (Å²) in [4.78, 5) is 38.0. The molecule has 0 spiro atoms. The van der Waals surface area contributed by atoms with Crippen LogP contribution in [0.3, 0.4) is 0 Å². The second kappa shape index (κ2) is 5.53. The smallest absolute Gasteiger partial charge is 0.338 e. The average molecular weight is 329 g/mol. The Morgan fingerprint density at radius 1 is 1.04 bits per heavy atom. The molecule has 4 unspecified atom stereocenters. The second-order valence-electron chi connectivity index (χ2n) is 5.83. The van der Waals surface area contributed by atoms with Crippen LogP contribution in [0.2, 0.25) is 0 Å². The Balaban J connectivity index is 1.36. The highest BCUT2D eigenvalue weighted by atomic mass is 32.2. The summed E-state index contributed by atoms with van der Waals surface area (Å²) in [5.74, 6) is -1.15. The first-order valence-corrected chi connectivity index (χ1v) is 8.52. The zero-order valence-corrected chi connectivity index (χ0v) is 13.1. The molecule has 3 aliphatic rings. The lowest BCUT2D eigenvalue weighted by Gasteiger charge is -2.17. The van der Waals surface area contributed by atoms with Crippen molar-refractivity contribution in [3.05, 3.63) is 48.0 Å². The minimum Gasteiger partial charge on any atom is -0.460 e. The molecule has 1 aromatic rings. The Morgan fingerprint density at radius 2 is 1.65 bits per heavy atom. The predicted octanol–water partition coefficient (Wildman–Crippen LogP) is 1.50. The molecule has 23 heavy (non-hydrogen) atoms. The molecule has 4 rings (SSSR count). The fourth-order valence-corrected chi connectivity index (χ4v) is 5.11. The van der Waals surface area contributed by atoms with Gasteiger partial charge in [-0.2, -0.15) is 0 Å². The fraction of sp³-hybridized carbons (Fsp3) is 0.353. The third kappa shape index (κ3) is 2.28. The van der Waals surface area contributed by atoms with Gasteiger partial charge in [0.1, 0.15) is 6.61 Å². The van der Waals surface area contributed by atoms with E-state index in [-0.39, 0.29) is 47.3 Å². The van der Waals surface area contributed by atoms with E-state index in [0.717, 1.165) is 0 Å². The van der Waals surface area contributed by atoms with E-state index in [2.05, 4.69) is 0 Å².